The molecule has 268 valence electrons. The lowest BCUT2D eigenvalue weighted by molar-refractivity contribution is -0.0254. The first-order valence-electron chi connectivity index (χ1n) is 17.2. The van der Waals surface area contributed by atoms with E-state index in [2.05, 4.69) is 35.2 Å². The highest BCUT2D eigenvalue weighted by atomic mass is 32.2. The van der Waals surface area contributed by atoms with E-state index in [1.807, 2.05) is 31.2 Å². The van der Waals surface area contributed by atoms with E-state index in [1.54, 1.807) is 37.6 Å². The SMILES string of the molecule is COCCCN1CCOc2ccc(CO[C@H]3CN(S(=O)(=O)c4ccc(C)cc4)[C@@H](C[C@H](C)O)C[C@@H]3c3ccc(COCCOC)cc3)cc21. The fourth-order valence-corrected chi connectivity index (χ4v) is 8.38. The van der Waals surface area contributed by atoms with Crippen molar-refractivity contribution in [2.24, 2.45) is 0 Å². The average molecular weight is 697 g/mol. The fourth-order valence-electron chi connectivity index (χ4n) is 6.72. The zero-order valence-corrected chi connectivity index (χ0v) is 30.1. The van der Waals surface area contributed by atoms with Gasteiger partial charge in [0.15, 0.2) is 0 Å². The van der Waals surface area contributed by atoms with Gasteiger partial charge in [-0.25, -0.2) is 8.42 Å². The van der Waals surface area contributed by atoms with Crippen molar-refractivity contribution in [3.63, 3.8) is 0 Å². The topological polar surface area (TPSA) is 107 Å². The van der Waals surface area contributed by atoms with Gasteiger partial charge in [-0.1, -0.05) is 48.0 Å². The molecule has 2 aliphatic rings. The van der Waals surface area contributed by atoms with Crippen molar-refractivity contribution in [2.75, 3.05) is 65.2 Å². The van der Waals surface area contributed by atoms with Crippen LogP contribution in [0, 0.1) is 6.92 Å². The van der Waals surface area contributed by atoms with Gasteiger partial charge in [0.05, 0.1) is 55.8 Å². The monoisotopic (exact) mass is 696 g/mol. The van der Waals surface area contributed by atoms with Crippen LogP contribution in [-0.4, -0.2) is 96.4 Å². The number of benzene rings is 3. The van der Waals surface area contributed by atoms with Gasteiger partial charge in [0.2, 0.25) is 10.0 Å². The normalized spacial score (nSPS) is 20.5. The summed E-state index contributed by atoms with van der Waals surface area (Å²) in [5.74, 6) is 0.758. The molecule has 1 saturated heterocycles. The van der Waals surface area contributed by atoms with Gasteiger partial charge in [0.25, 0.3) is 0 Å². The predicted octanol–water partition coefficient (Wildman–Crippen LogP) is 5.30. The lowest BCUT2D eigenvalue weighted by Gasteiger charge is -2.44. The molecule has 4 atom stereocenters. The molecule has 0 amide bonds. The maximum Gasteiger partial charge on any atom is 0.243 e. The van der Waals surface area contributed by atoms with Crippen molar-refractivity contribution < 1.29 is 37.2 Å². The molecule has 1 N–H and O–H groups in total. The van der Waals surface area contributed by atoms with Crippen molar-refractivity contribution in [1.29, 1.82) is 0 Å². The average Bonchev–Trinajstić information content (AvgIpc) is 3.10. The van der Waals surface area contributed by atoms with Crippen LogP contribution >= 0.6 is 0 Å². The molecular formula is C38H52N2O8S. The quantitative estimate of drug-likeness (QED) is 0.188. The Morgan fingerprint density at radius 3 is 2.39 bits per heavy atom. The molecule has 49 heavy (non-hydrogen) atoms. The van der Waals surface area contributed by atoms with Crippen molar-refractivity contribution in [3.05, 3.63) is 89.0 Å². The summed E-state index contributed by atoms with van der Waals surface area (Å²) in [4.78, 5) is 2.56. The Kier molecular flexibility index (Phi) is 13.5. The van der Waals surface area contributed by atoms with Crippen LogP contribution in [0.25, 0.3) is 0 Å². The molecular weight excluding hydrogens is 644 g/mol. The van der Waals surface area contributed by atoms with Crippen molar-refractivity contribution in [1.82, 2.24) is 4.31 Å². The van der Waals surface area contributed by atoms with Crippen LogP contribution in [0.3, 0.4) is 0 Å². The number of hydrogen-bond donors (Lipinski definition) is 1. The smallest absolute Gasteiger partial charge is 0.243 e. The molecule has 10 nitrogen and oxygen atoms in total. The number of aryl methyl sites for hydroxylation is 1. The van der Waals surface area contributed by atoms with E-state index in [0.717, 1.165) is 53.2 Å². The fraction of sp³-hybridized carbons (Fsp3) is 0.526. The molecule has 0 radical (unpaired) electrons. The van der Waals surface area contributed by atoms with Crippen LogP contribution in [-0.2, 0) is 42.2 Å². The molecule has 2 aliphatic heterocycles. The van der Waals surface area contributed by atoms with E-state index in [-0.39, 0.29) is 17.4 Å². The minimum Gasteiger partial charge on any atom is -0.490 e. The Hall–Kier alpha value is -3.03. The third-order valence-electron chi connectivity index (χ3n) is 9.31. The number of rotatable bonds is 17. The number of anilines is 1. The Morgan fingerprint density at radius 1 is 0.939 bits per heavy atom. The summed E-state index contributed by atoms with van der Waals surface area (Å²) in [7, 11) is -0.498. The van der Waals surface area contributed by atoms with Crippen LogP contribution in [0.4, 0.5) is 5.69 Å². The van der Waals surface area contributed by atoms with E-state index in [9.17, 15) is 13.5 Å². The number of aliphatic hydroxyl groups is 1. The third-order valence-corrected chi connectivity index (χ3v) is 11.2. The van der Waals surface area contributed by atoms with Gasteiger partial charge >= 0.3 is 0 Å². The molecule has 5 rings (SSSR count). The maximum atomic E-state index is 14.2. The molecule has 0 saturated carbocycles. The van der Waals surface area contributed by atoms with Crippen LogP contribution in [0.15, 0.2) is 71.6 Å². The number of piperidine rings is 1. The zero-order chi connectivity index (χ0) is 34.8. The third kappa shape index (κ3) is 9.82. The van der Waals surface area contributed by atoms with Crippen molar-refractivity contribution >= 4 is 15.7 Å². The number of sulfonamides is 1. The van der Waals surface area contributed by atoms with Gasteiger partial charge in [-0.15, -0.1) is 0 Å². The summed E-state index contributed by atoms with van der Waals surface area (Å²) < 4.78 is 58.7. The molecule has 0 aromatic heterocycles. The van der Waals surface area contributed by atoms with Crippen LogP contribution in [0.2, 0.25) is 0 Å². The highest BCUT2D eigenvalue weighted by Crippen LogP contribution is 2.39. The molecule has 0 aliphatic carbocycles. The minimum atomic E-state index is -3.87. The van der Waals surface area contributed by atoms with Gasteiger partial charge in [0.1, 0.15) is 12.4 Å². The first kappa shape index (κ1) is 37.2. The Labute approximate surface area is 291 Å². The molecule has 3 aromatic rings. The number of nitrogens with zero attached hydrogens (tertiary/aromatic N) is 2. The summed E-state index contributed by atoms with van der Waals surface area (Å²) >= 11 is 0. The first-order valence-corrected chi connectivity index (χ1v) is 18.7. The number of hydrogen-bond acceptors (Lipinski definition) is 9. The summed E-state index contributed by atoms with van der Waals surface area (Å²) in [5, 5.41) is 10.5. The largest absolute Gasteiger partial charge is 0.490 e. The van der Waals surface area contributed by atoms with E-state index in [1.165, 1.54) is 0 Å². The zero-order valence-electron chi connectivity index (χ0n) is 29.3. The van der Waals surface area contributed by atoms with Gasteiger partial charge in [-0.3, -0.25) is 0 Å². The summed E-state index contributed by atoms with van der Waals surface area (Å²) in [6.07, 6.45) is 0.644. The highest BCUT2D eigenvalue weighted by Gasteiger charge is 2.43. The van der Waals surface area contributed by atoms with Crippen LogP contribution < -0.4 is 9.64 Å². The standard InChI is InChI=1S/C38H52N2O8S/c1-28-6-13-34(14-7-28)49(42,43)40-25-38(48-27-31-10-15-37-36(23-31)39(17-19-47-37)16-5-18-44-3)35(24-33(40)22-29(2)41)32-11-8-30(9-12-32)26-46-21-20-45-4/h6-15,23,29,33,35,38,41H,5,16-22,24-27H2,1-4H3/t29-,33-,35+,38-/m0/s1. The number of ether oxygens (including phenoxy) is 5. The molecule has 2 heterocycles. The van der Waals surface area contributed by atoms with Gasteiger partial charge < -0.3 is 33.7 Å². The van der Waals surface area contributed by atoms with Gasteiger partial charge in [-0.2, -0.15) is 4.31 Å². The van der Waals surface area contributed by atoms with Gasteiger partial charge in [-0.05, 0) is 74.1 Å². The molecule has 0 bridgehead atoms. The predicted molar refractivity (Wildman–Crippen MR) is 190 cm³/mol. The summed E-state index contributed by atoms with van der Waals surface area (Å²) in [5.41, 5.74) is 5.12. The number of aliphatic hydroxyl groups excluding tert-OH is 1. The summed E-state index contributed by atoms with van der Waals surface area (Å²) in [6, 6.07) is 21.0. The second-order valence-electron chi connectivity index (χ2n) is 13.1. The van der Waals surface area contributed by atoms with Crippen molar-refractivity contribution in [2.45, 2.75) is 75.4 Å². The lowest BCUT2D eigenvalue weighted by atomic mass is 9.82. The maximum absolute atomic E-state index is 14.2. The van der Waals surface area contributed by atoms with E-state index in [4.69, 9.17) is 23.7 Å². The number of fused-ring (bicyclic) bond motifs is 1. The molecule has 11 heteroatoms. The molecule has 1 fully saturated rings. The Bertz CT molecular complexity index is 1570. The molecule has 0 unspecified atom stereocenters. The van der Waals surface area contributed by atoms with Gasteiger partial charge in [0, 0.05) is 45.9 Å². The summed E-state index contributed by atoms with van der Waals surface area (Å²) in [6.45, 7) is 8.65. The van der Waals surface area contributed by atoms with Crippen LogP contribution in [0.5, 0.6) is 5.75 Å². The minimum absolute atomic E-state index is 0.0943. The van der Waals surface area contributed by atoms with Crippen LogP contribution in [0.1, 0.15) is 54.4 Å². The lowest BCUT2D eigenvalue weighted by Crippen LogP contribution is -2.53. The second-order valence-corrected chi connectivity index (χ2v) is 15.0. The first-order chi connectivity index (χ1) is 23.7. The van der Waals surface area contributed by atoms with E-state index in [0.29, 0.717) is 52.5 Å². The number of methoxy groups -OCH3 is 2. The second kappa shape index (κ2) is 17.8. The van der Waals surface area contributed by atoms with Crippen molar-refractivity contribution in [3.8, 4) is 5.75 Å². The molecule has 3 aromatic carbocycles. The molecule has 0 spiro atoms. The Morgan fingerprint density at radius 2 is 1.67 bits per heavy atom. The Balaban J connectivity index is 1.42. The van der Waals surface area contributed by atoms with E-state index < -0.39 is 28.3 Å². The van der Waals surface area contributed by atoms with E-state index >= 15 is 0 Å². The highest BCUT2D eigenvalue weighted by molar-refractivity contribution is 7.89.